The standard InChI is InChI=1S/C10H18N2O4/c1-6(13)11-2-9-10(14)8(5-16-9)12-7-3-15-4-7/h7-10,12,14H,2-5H2,1H3,(H,11,13)/t8-,9-,10+/m1/s1. The van der Waals surface area contributed by atoms with Gasteiger partial charge >= 0.3 is 0 Å². The molecule has 92 valence electrons. The van der Waals surface area contributed by atoms with Crippen LogP contribution in [0.5, 0.6) is 0 Å². The van der Waals surface area contributed by atoms with E-state index in [-0.39, 0.29) is 18.1 Å². The molecule has 0 aromatic carbocycles. The Bertz CT molecular complexity index is 257. The summed E-state index contributed by atoms with van der Waals surface area (Å²) >= 11 is 0. The smallest absolute Gasteiger partial charge is 0.216 e. The van der Waals surface area contributed by atoms with Crippen molar-refractivity contribution in [2.24, 2.45) is 0 Å². The Labute approximate surface area is 94.3 Å². The van der Waals surface area contributed by atoms with E-state index < -0.39 is 6.10 Å². The molecule has 6 heteroatoms. The molecule has 2 heterocycles. The summed E-state index contributed by atoms with van der Waals surface area (Å²) in [6, 6.07) is 0.260. The number of ether oxygens (including phenoxy) is 2. The largest absolute Gasteiger partial charge is 0.389 e. The third-order valence-electron chi connectivity index (χ3n) is 2.92. The summed E-state index contributed by atoms with van der Waals surface area (Å²) in [7, 11) is 0. The maximum Gasteiger partial charge on any atom is 0.216 e. The number of carbonyl (C=O) groups is 1. The van der Waals surface area contributed by atoms with Gasteiger partial charge in [-0.2, -0.15) is 0 Å². The van der Waals surface area contributed by atoms with Crippen molar-refractivity contribution < 1.29 is 19.4 Å². The molecule has 0 aliphatic carbocycles. The minimum absolute atomic E-state index is 0.0624. The first-order valence-electron chi connectivity index (χ1n) is 5.54. The third kappa shape index (κ3) is 2.70. The zero-order valence-corrected chi connectivity index (χ0v) is 9.31. The van der Waals surface area contributed by atoms with Gasteiger partial charge in [-0.15, -0.1) is 0 Å². The number of rotatable bonds is 4. The molecule has 3 N–H and O–H groups in total. The molecular weight excluding hydrogens is 212 g/mol. The number of aliphatic hydroxyl groups excluding tert-OH is 1. The van der Waals surface area contributed by atoms with E-state index in [0.717, 1.165) is 0 Å². The lowest BCUT2D eigenvalue weighted by Crippen LogP contribution is -2.54. The van der Waals surface area contributed by atoms with Crippen LogP contribution < -0.4 is 10.6 Å². The molecule has 2 aliphatic rings. The summed E-state index contributed by atoms with van der Waals surface area (Å²) in [5.74, 6) is -0.111. The summed E-state index contributed by atoms with van der Waals surface area (Å²) in [5, 5.41) is 15.9. The summed E-state index contributed by atoms with van der Waals surface area (Å²) in [6.45, 7) is 3.67. The van der Waals surface area contributed by atoms with Crippen LogP contribution in [0.15, 0.2) is 0 Å². The lowest BCUT2D eigenvalue weighted by atomic mass is 10.1. The van der Waals surface area contributed by atoms with Gasteiger partial charge in [0.05, 0.1) is 38.0 Å². The van der Waals surface area contributed by atoms with Crippen LogP contribution in [0, 0.1) is 0 Å². The van der Waals surface area contributed by atoms with E-state index >= 15 is 0 Å². The molecule has 0 bridgehead atoms. The van der Waals surface area contributed by atoms with Crippen LogP contribution in [0.2, 0.25) is 0 Å². The molecule has 16 heavy (non-hydrogen) atoms. The first-order valence-corrected chi connectivity index (χ1v) is 5.54. The highest BCUT2D eigenvalue weighted by Crippen LogP contribution is 2.15. The molecule has 2 saturated heterocycles. The first kappa shape index (κ1) is 11.8. The zero-order valence-electron chi connectivity index (χ0n) is 9.31. The van der Waals surface area contributed by atoms with Crippen molar-refractivity contribution in [3.05, 3.63) is 0 Å². The van der Waals surface area contributed by atoms with Crippen LogP contribution in [0.4, 0.5) is 0 Å². The highest BCUT2D eigenvalue weighted by atomic mass is 16.5. The van der Waals surface area contributed by atoms with Crippen molar-refractivity contribution in [3.8, 4) is 0 Å². The number of carbonyl (C=O) groups excluding carboxylic acids is 1. The fourth-order valence-corrected chi connectivity index (χ4v) is 1.89. The Balaban J connectivity index is 1.74. The van der Waals surface area contributed by atoms with Crippen LogP contribution in [0.25, 0.3) is 0 Å². The maximum atomic E-state index is 10.7. The fraction of sp³-hybridized carbons (Fsp3) is 0.900. The van der Waals surface area contributed by atoms with Crippen LogP contribution in [0.1, 0.15) is 6.92 Å². The second-order valence-corrected chi connectivity index (χ2v) is 4.31. The topological polar surface area (TPSA) is 79.8 Å². The molecule has 2 aliphatic heterocycles. The lowest BCUT2D eigenvalue weighted by Gasteiger charge is -2.30. The molecule has 2 rings (SSSR count). The number of aliphatic hydroxyl groups is 1. The van der Waals surface area contributed by atoms with Gasteiger partial charge < -0.3 is 25.2 Å². The quantitative estimate of drug-likeness (QED) is 0.533. The van der Waals surface area contributed by atoms with Crippen molar-refractivity contribution in [3.63, 3.8) is 0 Å². The van der Waals surface area contributed by atoms with Crippen molar-refractivity contribution in [2.45, 2.75) is 31.2 Å². The molecule has 0 unspecified atom stereocenters. The monoisotopic (exact) mass is 230 g/mol. The second-order valence-electron chi connectivity index (χ2n) is 4.31. The highest BCUT2D eigenvalue weighted by Gasteiger charge is 2.37. The van der Waals surface area contributed by atoms with Gasteiger partial charge in [-0.25, -0.2) is 0 Å². The summed E-state index contributed by atoms with van der Waals surface area (Å²) in [6.07, 6.45) is -0.894. The molecule has 0 radical (unpaired) electrons. The van der Waals surface area contributed by atoms with E-state index in [0.29, 0.717) is 32.4 Å². The Morgan fingerprint density at radius 1 is 1.44 bits per heavy atom. The average Bonchev–Trinajstić information content (AvgIpc) is 2.51. The third-order valence-corrected chi connectivity index (χ3v) is 2.92. The number of hydrogen-bond donors (Lipinski definition) is 3. The normalized spacial score (nSPS) is 34.8. The van der Waals surface area contributed by atoms with Gasteiger partial charge in [0.25, 0.3) is 0 Å². The molecule has 3 atom stereocenters. The van der Waals surface area contributed by atoms with Crippen molar-refractivity contribution in [2.75, 3.05) is 26.4 Å². The van der Waals surface area contributed by atoms with Gasteiger partial charge in [-0.05, 0) is 0 Å². The number of amides is 1. The van der Waals surface area contributed by atoms with Crippen molar-refractivity contribution in [1.82, 2.24) is 10.6 Å². The zero-order chi connectivity index (χ0) is 11.5. The van der Waals surface area contributed by atoms with Gasteiger partial charge in [0.1, 0.15) is 6.10 Å². The van der Waals surface area contributed by atoms with E-state index in [1.807, 2.05) is 0 Å². The number of nitrogens with one attached hydrogen (secondary N) is 2. The Kier molecular flexibility index (Phi) is 3.75. The van der Waals surface area contributed by atoms with Crippen molar-refractivity contribution in [1.29, 1.82) is 0 Å². The second kappa shape index (κ2) is 5.09. The summed E-state index contributed by atoms with van der Waals surface area (Å²) in [4.78, 5) is 10.7. The summed E-state index contributed by atoms with van der Waals surface area (Å²) in [5.41, 5.74) is 0. The van der Waals surface area contributed by atoms with Gasteiger partial charge in [0.15, 0.2) is 0 Å². The molecular formula is C10H18N2O4. The van der Waals surface area contributed by atoms with E-state index in [1.165, 1.54) is 6.92 Å². The Hall–Kier alpha value is -0.690. The highest BCUT2D eigenvalue weighted by molar-refractivity contribution is 5.72. The van der Waals surface area contributed by atoms with Gasteiger partial charge in [-0.1, -0.05) is 0 Å². The van der Waals surface area contributed by atoms with E-state index in [9.17, 15) is 9.90 Å². The van der Waals surface area contributed by atoms with Crippen LogP contribution in [-0.4, -0.2) is 61.7 Å². The average molecular weight is 230 g/mol. The first-order chi connectivity index (χ1) is 7.66. The molecule has 1 amide bonds. The predicted molar refractivity (Wildman–Crippen MR) is 56.0 cm³/mol. The molecule has 6 nitrogen and oxygen atoms in total. The Morgan fingerprint density at radius 3 is 2.75 bits per heavy atom. The Morgan fingerprint density at radius 2 is 2.19 bits per heavy atom. The van der Waals surface area contributed by atoms with Crippen LogP contribution in [0.3, 0.4) is 0 Å². The minimum atomic E-state index is -0.576. The molecule has 0 aromatic rings. The van der Waals surface area contributed by atoms with Crippen LogP contribution >= 0.6 is 0 Å². The van der Waals surface area contributed by atoms with Gasteiger partial charge in [-0.3, -0.25) is 4.79 Å². The minimum Gasteiger partial charge on any atom is -0.389 e. The molecule has 0 spiro atoms. The maximum absolute atomic E-state index is 10.7. The van der Waals surface area contributed by atoms with E-state index in [2.05, 4.69) is 10.6 Å². The molecule has 2 fully saturated rings. The van der Waals surface area contributed by atoms with Crippen LogP contribution in [-0.2, 0) is 14.3 Å². The SMILES string of the molecule is CC(=O)NC[C@H]1OC[C@@H](NC2COC2)[C@@H]1O. The van der Waals surface area contributed by atoms with E-state index in [1.54, 1.807) is 0 Å². The summed E-state index contributed by atoms with van der Waals surface area (Å²) < 4.78 is 10.5. The predicted octanol–water partition coefficient (Wildman–Crippen LogP) is -1.76. The molecule has 0 saturated carbocycles. The van der Waals surface area contributed by atoms with E-state index in [4.69, 9.17) is 9.47 Å². The van der Waals surface area contributed by atoms with Gasteiger partial charge in [0, 0.05) is 13.5 Å². The van der Waals surface area contributed by atoms with Gasteiger partial charge in [0.2, 0.25) is 5.91 Å². The number of hydrogen-bond acceptors (Lipinski definition) is 5. The fourth-order valence-electron chi connectivity index (χ4n) is 1.89. The lowest BCUT2D eigenvalue weighted by molar-refractivity contribution is -0.119. The van der Waals surface area contributed by atoms with Crippen molar-refractivity contribution >= 4 is 5.91 Å². The molecule has 0 aromatic heterocycles.